The molecule has 0 amide bonds. The van der Waals surface area contributed by atoms with Gasteiger partial charge in [0, 0.05) is 41.9 Å². The molecule has 5 nitrogen and oxygen atoms in total. The molecule has 0 atom stereocenters. The Labute approximate surface area is 129 Å². The fourth-order valence-electron chi connectivity index (χ4n) is 2.18. The molecule has 0 aliphatic carbocycles. The highest BCUT2D eigenvalue weighted by atomic mass is 79.9. The number of imidazole rings is 1. The smallest absolute Gasteiger partial charge is 0.160 e. The van der Waals surface area contributed by atoms with Gasteiger partial charge in [0.2, 0.25) is 0 Å². The summed E-state index contributed by atoms with van der Waals surface area (Å²) >= 11 is 9.29. The van der Waals surface area contributed by atoms with Gasteiger partial charge in [0.25, 0.3) is 0 Å². The Morgan fingerprint density at radius 2 is 2.20 bits per heavy atom. The van der Waals surface area contributed by atoms with Gasteiger partial charge in [-0.2, -0.15) is 5.10 Å². The summed E-state index contributed by atoms with van der Waals surface area (Å²) in [5.74, 6) is 1.51. The van der Waals surface area contributed by atoms with E-state index in [-0.39, 0.29) is 0 Å². The van der Waals surface area contributed by atoms with Crippen LogP contribution in [0.3, 0.4) is 0 Å². The van der Waals surface area contributed by atoms with Crippen LogP contribution in [0.2, 0.25) is 0 Å². The predicted molar refractivity (Wildman–Crippen MR) is 81.9 cm³/mol. The Hall–Kier alpha value is -1.40. The van der Waals surface area contributed by atoms with Crippen molar-refractivity contribution in [3.8, 4) is 0 Å². The second kappa shape index (κ2) is 5.93. The molecular formula is C13H13BrClN5. The van der Waals surface area contributed by atoms with Crippen molar-refractivity contribution in [1.29, 1.82) is 0 Å². The van der Waals surface area contributed by atoms with E-state index < -0.39 is 0 Å². The van der Waals surface area contributed by atoms with Crippen molar-refractivity contribution in [2.24, 2.45) is 0 Å². The number of aryl methyl sites for hydroxylation is 3. The first-order chi connectivity index (χ1) is 9.78. The zero-order chi connectivity index (χ0) is 13.9. The average molecular weight is 355 g/mol. The molecule has 0 aromatic carbocycles. The molecule has 0 aliphatic rings. The number of alkyl halides is 1. The van der Waals surface area contributed by atoms with Gasteiger partial charge in [-0.15, -0.1) is 11.6 Å². The first kappa shape index (κ1) is 13.6. The van der Waals surface area contributed by atoms with Crippen LogP contribution < -0.4 is 0 Å². The molecule has 0 aliphatic heterocycles. The number of nitrogens with zero attached hydrogens (tertiary/aromatic N) is 5. The van der Waals surface area contributed by atoms with E-state index in [2.05, 4.69) is 35.6 Å². The summed E-state index contributed by atoms with van der Waals surface area (Å²) in [5, 5.41) is 4.21. The standard InChI is InChI=1S/C13H13BrClN5/c14-10-8-11-13(16-9-10)20(12(18-11)2-3-15)7-6-19-5-1-4-17-19/h1,4-5,8-9H,2-3,6-7H2. The van der Waals surface area contributed by atoms with E-state index >= 15 is 0 Å². The van der Waals surface area contributed by atoms with Crippen molar-refractivity contribution < 1.29 is 0 Å². The summed E-state index contributed by atoms with van der Waals surface area (Å²) < 4.78 is 4.94. The average Bonchev–Trinajstić information content (AvgIpc) is 3.04. The predicted octanol–water partition coefficient (Wildman–Crippen LogP) is 2.87. The molecule has 3 aromatic heterocycles. The molecule has 0 bridgehead atoms. The Bertz CT molecular complexity index is 707. The highest BCUT2D eigenvalue weighted by Crippen LogP contribution is 2.19. The molecule has 3 aromatic rings. The van der Waals surface area contributed by atoms with E-state index in [1.54, 1.807) is 12.4 Å². The molecular weight excluding hydrogens is 342 g/mol. The summed E-state index contributed by atoms with van der Waals surface area (Å²) in [6.45, 7) is 1.56. The number of aromatic nitrogens is 5. The van der Waals surface area contributed by atoms with Crippen LogP contribution in [-0.4, -0.2) is 30.2 Å². The van der Waals surface area contributed by atoms with Crippen molar-refractivity contribution in [3.63, 3.8) is 0 Å². The minimum Gasteiger partial charge on any atom is -0.311 e. The van der Waals surface area contributed by atoms with E-state index in [9.17, 15) is 0 Å². The number of fused-ring (bicyclic) bond motifs is 1. The Balaban J connectivity index is 1.95. The molecule has 0 saturated heterocycles. The van der Waals surface area contributed by atoms with Crippen LogP contribution in [0.1, 0.15) is 5.82 Å². The van der Waals surface area contributed by atoms with Crippen LogP contribution in [0, 0.1) is 0 Å². The maximum absolute atomic E-state index is 5.87. The third kappa shape index (κ3) is 2.71. The molecule has 0 saturated carbocycles. The summed E-state index contributed by atoms with van der Waals surface area (Å²) in [6, 6.07) is 3.89. The van der Waals surface area contributed by atoms with Gasteiger partial charge < -0.3 is 4.57 Å². The summed E-state index contributed by atoms with van der Waals surface area (Å²) in [6.07, 6.45) is 6.25. The third-order valence-electron chi connectivity index (χ3n) is 3.06. The van der Waals surface area contributed by atoms with Gasteiger partial charge in [-0.05, 0) is 28.1 Å². The number of rotatable bonds is 5. The van der Waals surface area contributed by atoms with Crippen LogP contribution in [0.4, 0.5) is 0 Å². The van der Waals surface area contributed by atoms with Crippen LogP contribution in [0.5, 0.6) is 0 Å². The normalized spacial score (nSPS) is 11.3. The minimum atomic E-state index is 0.548. The summed E-state index contributed by atoms with van der Waals surface area (Å²) in [7, 11) is 0. The van der Waals surface area contributed by atoms with Crippen molar-refractivity contribution in [2.45, 2.75) is 19.5 Å². The van der Waals surface area contributed by atoms with E-state index in [0.717, 1.165) is 41.0 Å². The number of pyridine rings is 1. The third-order valence-corrected chi connectivity index (χ3v) is 3.68. The van der Waals surface area contributed by atoms with Crippen molar-refractivity contribution >= 4 is 38.7 Å². The van der Waals surface area contributed by atoms with Gasteiger partial charge in [-0.3, -0.25) is 4.68 Å². The first-order valence-corrected chi connectivity index (χ1v) is 7.65. The summed E-state index contributed by atoms with van der Waals surface area (Å²) in [5.41, 5.74) is 1.78. The molecule has 0 unspecified atom stereocenters. The zero-order valence-corrected chi connectivity index (χ0v) is 13.0. The quantitative estimate of drug-likeness (QED) is 0.662. The molecule has 20 heavy (non-hydrogen) atoms. The molecule has 0 spiro atoms. The highest BCUT2D eigenvalue weighted by Gasteiger charge is 2.11. The lowest BCUT2D eigenvalue weighted by Crippen LogP contribution is -2.11. The van der Waals surface area contributed by atoms with Crippen molar-refractivity contribution in [2.75, 3.05) is 5.88 Å². The SMILES string of the molecule is ClCCc1nc2cc(Br)cnc2n1CCn1cccn1. The second-order valence-corrected chi connectivity index (χ2v) is 5.68. The topological polar surface area (TPSA) is 48.5 Å². The van der Waals surface area contributed by atoms with E-state index in [4.69, 9.17) is 11.6 Å². The van der Waals surface area contributed by atoms with Gasteiger partial charge in [0.15, 0.2) is 5.65 Å². The molecule has 3 heterocycles. The Morgan fingerprint density at radius 3 is 2.95 bits per heavy atom. The van der Waals surface area contributed by atoms with Crippen LogP contribution in [0.15, 0.2) is 35.2 Å². The summed E-state index contributed by atoms with van der Waals surface area (Å²) in [4.78, 5) is 9.08. The van der Waals surface area contributed by atoms with Gasteiger partial charge in [0.1, 0.15) is 11.3 Å². The van der Waals surface area contributed by atoms with Crippen molar-refractivity contribution in [1.82, 2.24) is 24.3 Å². The van der Waals surface area contributed by atoms with E-state index in [1.165, 1.54) is 0 Å². The van der Waals surface area contributed by atoms with Gasteiger partial charge >= 0.3 is 0 Å². The highest BCUT2D eigenvalue weighted by molar-refractivity contribution is 9.10. The largest absolute Gasteiger partial charge is 0.311 e. The van der Waals surface area contributed by atoms with Gasteiger partial charge in [0.05, 0.1) is 6.54 Å². The van der Waals surface area contributed by atoms with Crippen LogP contribution in [0.25, 0.3) is 11.2 Å². The van der Waals surface area contributed by atoms with Gasteiger partial charge in [-0.25, -0.2) is 9.97 Å². The first-order valence-electron chi connectivity index (χ1n) is 6.32. The monoisotopic (exact) mass is 353 g/mol. The number of hydrogen-bond donors (Lipinski definition) is 0. The zero-order valence-electron chi connectivity index (χ0n) is 10.7. The fourth-order valence-corrected chi connectivity index (χ4v) is 2.67. The Kier molecular flexibility index (Phi) is 4.03. The molecule has 0 radical (unpaired) electrons. The maximum Gasteiger partial charge on any atom is 0.160 e. The molecule has 0 fully saturated rings. The molecule has 7 heteroatoms. The van der Waals surface area contributed by atoms with Crippen LogP contribution >= 0.6 is 27.5 Å². The second-order valence-electron chi connectivity index (χ2n) is 4.38. The Morgan fingerprint density at radius 1 is 1.30 bits per heavy atom. The van der Waals surface area contributed by atoms with E-state index in [1.807, 2.05) is 23.0 Å². The lowest BCUT2D eigenvalue weighted by atomic mass is 10.4. The van der Waals surface area contributed by atoms with E-state index in [0.29, 0.717) is 5.88 Å². The lowest BCUT2D eigenvalue weighted by molar-refractivity contribution is 0.528. The lowest BCUT2D eigenvalue weighted by Gasteiger charge is -2.08. The number of hydrogen-bond acceptors (Lipinski definition) is 3. The molecule has 0 N–H and O–H groups in total. The minimum absolute atomic E-state index is 0.548. The molecule has 3 rings (SSSR count). The number of halogens is 2. The maximum atomic E-state index is 5.87. The van der Waals surface area contributed by atoms with Crippen molar-refractivity contribution in [3.05, 3.63) is 41.0 Å². The molecule has 104 valence electrons. The van der Waals surface area contributed by atoms with Gasteiger partial charge in [-0.1, -0.05) is 0 Å². The fraction of sp³-hybridized carbons (Fsp3) is 0.308. The van der Waals surface area contributed by atoms with Crippen LogP contribution in [-0.2, 0) is 19.5 Å².